The Bertz CT molecular complexity index is 501. The fourth-order valence-corrected chi connectivity index (χ4v) is 2.28. The van der Waals surface area contributed by atoms with Gasteiger partial charge in [0.25, 0.3) is 0 Å². The van der Waals surface area contributed by atoms with Gasteiger partial charge < -0.3 is 4.57 Å². The van der Waals surface area contributed by atoms with Crippen molar-refractivity contribution in [1.29, 1.82) is 0 Å². The molecule has 1 aliphatic rings. The third-order valence-electron chi connectivity index (χ3n) is 3.51. The summed E-state index contributed by atoms with van der Waals surface area (Å²) in [6.07, 6.45) is 5.09. The van der Waals surface area contributed by atoms with Gasteiger partial charge in [0.15, 0.2) is 0 Å². The van der Waals surface area contributed by atoms with E-state index in [2.05, 4.69) is 34.7 Å². The lowest BCUT2D eigenvalue weighted by molar-refractivity contribution is 0.598. The molecular formula is C12H15N3. The van der Waals surface area contributed by atoms with E-state index in [-0.39, 0.29) is 0 Å². The summed E-state index contributed by atoms with van der Waals surface area (Å²) >= 11 is 0. The molecule has 3 rings (SSSR count). The SMILES string of the molecule is Cc1cc2cnncc2n1CC1CC1C. The monoisotopic (exact) mass is 201 g/mol. The Hall–Kier alpha value is -1.38. The summed E-state index contributed by atoms with van der Waals surface area (Å²) in [6.45, 7) is 5.63. The van der Waals surface area contributed by atoms with Crippen molar-refractivity contribution < 1.29 is 0 Å². The largest absolute Gasteiger partial charge is 0.343 e. The number of rotatable bonds is 2. The topological polar surface area (TPSA) is 30.7 Å². The standard InChI is InChI=1S/C12H15N3/c1-8-3-11(8)7-15-9(2)4-10-5-13-14-6-12(10)15/h4-6,8,11H,3,7H2,1-2H3. The van der Waals surface area contributed by atoms with E-state index in [1.54, 1.807) is 0 Å². The first-order valence-corrected chi connectivity index (χ1v) is 5.52. The van der Waals surface area contributed by atoms with E-state index in [4.69, 9.17) is 0 Å². The van der Waals surface area contributed by atoms with Gasteiger partial charge in [-0.25, -0.2) is 0 Å². The Labute approximate surface area is 89.1 Å². The van der Waals surface area contributed by atoms with Crippen molar-refractivity contribution >= 4 is 10.9 Å². The number of hydrogen-bond donors (Lipinski definition) is 0. The predicted molar refractivity (Wildman–Crippen MR) is 59.5 cm³/mol. The van der Waals surface area contributed by atoms with Gasteiger partial charge in [-0.05, 0) is 31.2 Å². The van der Waals surface area contributed by atoms with Crippen molar-refractivity contribution in [2.45, 2.75) is 26.8 Å². The lowest BCUT2D eigenvalue weighted by atomic mass is 10.3. The van der Waals surface area contributed by atoms with Gasteiger partial charge in [-0.15, -0.1) is 0 Å². The van der Waals surface area contributed by atoms with E-state index >= 15 is 0 Å². The smallest absolute Gasteiger partial charge is 0.0739 e. The van der Waals surface area contributed by atoms with Gasteiger partial charge >= 0.3 is 0 Å². The molecule has 1 saturated carbocycles. The molecule has 0 radical (unpaired) electrons. The molecule has 78 valence electrons. The molecule has 1 aliphatic carbocycles. The summed E-state index contributed by atoms with van der Waals surface area (Å²) < 4.78 is 2.37. The maximum Gasteiger partial charge on any atom is 0.0739 e. The first-order valence-electron chi connectivity index (χ1n) is 5.52. The van der Waals surface area contributed by atoms with Crippen molar-refractivity contribution in [2.24, 2.45) is 11.8 Å². The summed E-state index contributed by atoms with van der Waals surface area (Å²) in [5, 5.41) is 9.08. The predicted octanol–water partition coefficient (Wildman–Crippen LogP) is 2.40. The molecule has 1 fully saturated rings. The van der Waals surface area contributed by atoms with Crippen LogP contribution in [0.5, 0.6) is 0 Å². The first-order chi connectivity index (χ1) is 7.25. The quantitative estimate of drug-likeness (QED) is 0.747. The van der Waals surface area contributed by atoms with Crippen molar-refractivity contribution in [3.05, 3.63) is 24.2 Å². The lowest BCUT2D eigenvalue weighted by Crippen LogP contribution is -2.02. The van der Waals surface area contributed by atoms with Crippen LogP contribution in [0.4, 0.5) is 0 Å². The second-order valence-corrected chi connectivity index (χ2v) is 4.70. The van der Waals surface area contributed by atoms with E-state index in [0.29, 0.717) is 0 Å². The molecule has 15 heavy (non-hydrogen) atoms. The van der Waals surface area contributed by atoms with Crippen molar-refractivity contribution in [3.63, 3.8) is 0 Å². The molecule has 0 bridgehead atoms. The zero-order valence-corrected chi connectivity index (χ0v) is 9.14. The summed E-state index contributed by atoms with van der Waals surface area (Å²) in [4.78, 5) is 0. The minimum Gasteiger partial charge on any atom is -0.343 e. The molecule has 2 aromatic rings. The van der Waals surface area contributed by atoms with Gasteiger partial charge in [-0.1, -0.05) is 6.92 Å². The highest BCUT2D eigenvalue weighted by atomic mass is 15.1. The van der Waals surface area contributed by atoms with Crippen LogP contribution in [0.15, 0.2) is 18.5 Å². The summed E-state index contributed by atoms with van der Waals surface area (Å²) in [7, 11) is 0. The maximum atomic E-state index is 3.96. The summed E-state index contributed by atoms with van der Waals surface area (Å²) in [5.41, 5.74) is 2.54. The average Bonchev–Trinajstić information content (AvgIpc) is 2.82. The normalized spacial score (nSPS) is 24.7. The molecule has 0 spiro atoms. The minimum atomic E-state index is 0.868. The zero-order valence-electron chi connectivity index (χ0n) is 9.14. The van der Waals surface area contributed by atoms with E-state index in [1.165, 1.54) is 23.0 Å². The zero-order chi connectivity index (χ0) is 10.4. The van der Waals surface area contributed by atoms with Crippen LogP contribution in [-0.2, 0) is 6.54 Å². The van der Waals surface area contributed by atoms with Crippen molar-refractivity contribution in [1.82, 2.24) is 14.8 Å². The Balaban J connectivity index is 2.04. The highest BCUT2D eigenvalue weighted by Crippen LogP contribution is 2.39. The van der Waals surface area contributed by atoms with Crippen LogP contribution in [0.1, 0.15) is 19.0 Å². The molecule has 0 amide bonds. The molecule has 2 heterocycles. The van der Waals surface area contributed by atoms with E-state index < -0.39 is 0 Å². The van der Waals surface area contributed by atoms with Crippen LogP contribution >= 0.6 is 0 Å². The van der Waals surface area contributed by atoms with Crippen LogP contribution in [0.25, 0.3) is 10.9 Å². The molecule has 3 heteroatoms. The Morgan fingerprint density at radius 1 is 1.40 bits per heavy atom. The third kappa shape index (κ3) is 1.42. The fourth-order valence-electron chi connectivity index (χ4n) is 2.28. The highest BCUT2D eigenvalue weighted by Gasteiger charge is 2.33. The van der Waals surface area contributed by atoms with E-state index in [0.717, 1.165) is 18.4 Å². The average molecular weight is 201 g/mol. The molecule has 0 N–H and O–H groups in total. The van der Waals surface area contributed by atoms with Crippen LogP contribution in [0.2, 0.25) is 0 Å². The van der Waals surface area contributed by atoms with Crippen LogP contribution < -0.4 is 0 Å². The molecule has 0 aromatic carbocycles. The van der Waals surface area contributed by atoms with Gasteiger partial charge in [0, 0.05) is 17.6 Å². The Morgan fingerprint density at radius 3 is 2.87 bits per heavy atom. The van der Waals surface area contributed by atoms with E-state index in [1.807, 2.05) is 12.4 Å². The molecule has 2 aromatic heterocycles. The molecule has 0 aliphatic heterocycles. The van der Waals surface area contributed by atoms with Crippen LogP contribution in [-0.4, -0.2) is 14.8 Å². The number of aromatic nitrogens is 3. The molecule has 2 unspecified atom stereocenters. The minimum absolute atomic E-state index is 0.868. The second kappa shape index (κ2) is 3.05. The highest BCUT2D eigenvalue weighted by molar-refractivity contribution is 5.79. The first kappa shape index (κ1) is 8.89. The van der Waals surface area contributed by atoms with Crippen molar-refractivity contribution in [2.75, 3.05) is 0 Å². The van der Waals surface area contributed by atoms with Gasteiger partial charge in [-0.2, -0.15) is 10.2 Å². The Kier molecular flexibility index (Phi) is 1.81. The molecule has 3 nitrogen and oxygen atoms in total. The third-order valence-corrected chi connectivity index (χ3v) is 3.51. The molecule has 0 saturated heterocycles. The lowest BCUT2D eigenvalue weighted by Gasteiger charge is -2.06. The van der Waals surface area contributed by atoms with Gasteiger partial charge in [0.1, 0.15) is 0 Å². The fraction of sp³-hybridized carbons (Fsp3) is 0.500. The van der Waals surface area contributed by atoms with Crippen LogP contribution in [0, 0.1) is 18.8 Å². The molecular weight excluding hydrogens is 186 g/mol. The maximum absolute atomic E-state index is 3.96. The van der Waals surface area contributed by atoms with Crippen LogP contribution in [0.3, 0.4) is 0 Å². The summed E-state index contributed by atoms with van der Waals surface area (Å²) in [6, 6.07) is 2.19. The summed E-state index contributed by atoms with van der Waals surface area (Å²) in [5.74, 6) is 1.77. The van der Waals surface area contributed by atoms with Gasteiger partial charge in [0.2, 0.25) is 0 Å². The number of fused-ring (bicyclic) bond motifs is 1. The van der Waals surface area contributed by atoms with Gasteiger partial charge in [0.05, 0.1) is 17.9 Å². The van der Waals surface area contributed by atoms with Gasteiger partial charge in [-0.3, -0.25) is 0 Å². The number of nitrogens with zero attached hydrogens (tertiary/aromatic N) is 3. The Morgan fingerprint density at radius 2 is 2.13 bits per heavy atom. The van der Waals surface area contributed by atoms with E-state index in [9.17, 15) is 0 Å². The molecule has 2 atom stereocenters. The second-order valence-electron chi connectivity index (χ2n) is 4.70. The van der Waals surface area contributed by atoms with Crippen molar-refractivity contribution in [3.8, 4) is 0 Å². The number of aryl methyl sites for hydroxylation is 1. The number of hydrogen-bond acceptors (Lipinski definition) is 2.